The van der Waals surface area contributed by atoms with E-state index in [4.69, 9.17) is 14.9 Å². The van der Waals surface area contributed by atoms with Crippen molar-refractivity contribution in [2.24, 2.45) is 11.8 Å². The van der Waals surface area contributed by atoms with Gasteiger partial charge in [0.15, 0.2) is 0 Å². The fraction of sp³-hybridized carbons (Fsp3) is 0.500. The van der Waals surface area contributed by atoms with Crippen LogP contribution in [0.2, 0.25) is 0 Å². The summed E-state index contributed by atoms with van der Waals surface area (Å²) < 4.78 is 5.87. The second kappa shape index (κ2) is 28.1. The molecule has 3 rings (SSSR count). The van der Waals surface area contributed by atoms with E-state index < -0.39 is 151 Å². The van der Waals surface area contributed by atoms with Crippen LogP contribution < -0.4 is 42.0 Å². The van der Waals surface area contributed by atoms with Gasteiger partial charge in [-0.1, -0.05) is 65.3 Å². The van der Waals surface area contributed by atoms with Crippen molar-refractivity contribution in [1.29, 1.82) is 0 Å². The third kappa shape index (κ3) is 18.4. The Morgan fingerprint density at radius 3 is 1.78 bits per heavy atom. The molecule has 72 heavy (non-hydrogen) atoms. The first-order valence-electron chi connectivity index (χ1n) is 23.3. The largest absolute Gasteiger partial charge is 0.481 e. The number of carboxylic acid groups (broad SMARTS) is 3. The molecule has 24 heteroatoms. The van der Waals surface area contributed by atoms with E-state index in [2.05, 4.69) is 31.9 Å². The second-order valence-corrected chi connectivity index (χ2v) is 17.8. The standard InChI is InChI=1S/C48H64N8O16/c1-7-12-32(41(64)47(70)49-23-38(62)63)52-45(68)35-22-29(51-42(65)28-13-11-16-31(21-28)72-30-14-9-8-10-15-30)24-56(35)48(71)40(26(4)5)55-46(69)39(25(2)3)54-44(67)34(18-20-37(60)61)53-43(66)33(50-27(6)57)17-19-36(58)59/h8-11,13-16,21,25-26,29,32-35,39-40H,7,12,17-20,22-24H2,1-6H3,(H,49,70)(H,50,57)(H,51,65)(H,52,68)(H,53,66)(H,54,67)(H,55,69)(H,58,59)(H,60,61)(H,62,63). The van der Waals surface area contributed by atoms with E-state index in [0.29, 0.717) is 11.5 Å². The van der Waals surface area contributed by atoms with Gasteiger partial charge < -0.3 is 62.2 Å². The Hall–Kier alpha value is -7.92. The Morgan fingerprint density at radius 1 is 0.653 bits per heavy atom. The lowest BCUT2D eigenvalue weighted by Crippen LogP contribution is -2.61. The summed E-state index contributed by atoms with van der Waals surface area (Å²) in [5.41, 5.74) is 0.166. The van der Waals surface area contributed by atoms with Crippen LogP contribution in [0.1, 0.15) is 96.8 Å². The molecule has 10 N–H and O–H groups in total. The minimum atomic E-state index is -1.60. The van der Waals surface area contributed by atoms with Gasteiger partial charge in [0.05, 0.1) is 6.04 Å². The van der Waals surface area contributed by atoms with Crippen LogP contribution in [-0.2, 0) is 52.7 Å². The molecule has 392 valence electrons. The van der Waals surface area contributed by atoms with E-state index in [-0.39, 0.29) is 37.8 Å². The molecule has 0 spiro atoms. The zero-order valence-electron chi connectivity index (χ0n) is 40.9. The molecule has 1 fully saturated rings. The van der Waals surface area contributed by atoms with Gasteiger partial charge in [-0.2, -0.15) is 0 Å². The third-order valence-corrected chi connectivity index (χ3v) is 11.2. The molecule has 7 unspecified atom stereocenters. The summed E-state index contributed by atoms with van der Waals surface area (Å²) in [6.07, 6.45) is -2.01. The molecule has 0 aromatic heterocycles. The number of carboxylic acids is 3. The summed E-state index contributed by atoms with van der Waals surface area (Å²) in [7, 11) is 0. The van der Waals surface area contributed by atoms with Gasteiger partial charge in [-0.15, -0.1) is 0 Å². The Balaban J connectivity index is 1.94. The number of ether oxygens (including phenoxy) is 1. The molecular formula is C48H64N8O16. The zero-order valence-corrected chi connectivity index (χ0v) is 40.9. The van der Waals surface area contributed by atoms with Crippen LogP contribution in [0.25, 0.3) is 0 Å². The summed E-state index contributed by atoms with van der Waals surface area (Å²) in [4.78, 5) is 157. The zero-order chi connectivity index (χ0) is 53.8. The highest BCUT2D eigenvalue weighted by molar-refractivity contribution is 6.38. The molecule has 24 nitrogen and oxygen atoms in total. The number of carbonyl (C=O) groups excluding carboxylic acids is 9. The highest BCUT2D eigenvalue weighted by Gasteiger charge is 2.45. The van der Waals surface area contributed by atoms with Gasteiger partial charge in [-0.3, -0.25) is 57.5 Å². The van der Waals surface area contributed by atoms with Crippen LogP contribution in [0.15, 0.2) is 54.6 Å². The second-order valence-electron chi connectivity index (χ2n) is 17.8. The van der Waals surface area contributed by atoms with E-state index >= 15 is 0 Å². The molecular weight excluding hydrogens is 945 g/mol. The Morgan fingerprint density at radius 2 is 1.22 bits per heavy atom. The maximum absolute atomic E-state index is 14.7. The minimum Gasteiger partial charge on any atom is -0.481 e. The first-order valence-corrected chi connectivity index (χ1v) is 23.3. The normalized spacial score (nSPS) is 16.1. The summed E-state index contributed by atoms with van der Waals surface area (Å²) in [5, 5.41) is 44.7. The number of carbonyl (C=O) groups is 12. The number of likely N-dealkylation sites (tertiary alicyclic amines) is 1. The average molecular weight is 1010 g/mol. The lowest BCUT2D eigenvalue weighted by Gasteiger charge is -2.33. The van der Waals surface area contributed by atoms with E-state index in [1.165, 1.54) is 12.1 Å². The number of Topliss-reactive ketones (excluding diaryl/α,β-unsaturated/α-hetero) is 1. The molecule has 1 aliphatic rings. The molecule has 1 heterocycles. The number of nitrogens with one attached hydrogen (secondary N) is 7. The highest BCUT2D eigenvalue weighted by Crippen LogP contribution is 2.25. The predicted octanol–water partition coefficient (Wildman–Crippen LogP) is 0.234. The number of benzene rings is 2. The van der Waals surface area contributed by atoms with Gasteiger partial charge in [0, 0.05) is 37.9 Å². The molecule has 7 atom stereocenters. The molecule has 2 aromatic carbocycles. The monoisotopic (exact) mass is 1010 g/mol. The highest BCUT2D eigenvalue weighted by atomic mass is 16.5. The molecule has 2 aromatic rings. The van der Waals surface area contributed by atoms with Crippen molar-refractivity contribution in [2.75, 3.05) is 13.1 Å². The van der Waals surface area contributed by atoms with Crippen LogP contribution in [0.4, 0.5) is 0 Å². The van der Waals surface area contributed by atoms with Gasteiger partial charge >= 0.3 is 17.9 Å². The quantitative estimate of drug-likeness (QED) is 0.0510. The van der Waals surface area contributed by atoms with Gasteiger partial charge in [-0.25, -0.2) is 0 Å². The maximum atomic E-state index is 14.7. The maximum Gasteiger partial charge on any atom is 0.322 e. The Kier molecular flexibility index (Phi) is 22.8. The van der Waals surface area contributed by atoms with Crippen LogP contribution in [0.5, 0.6) is 11.5 Å². The number of amides is 8. The van der Waals surface area contributed by atoms with E-state index in [9.17, 15) is 62.6 Å². The smallest absolute Gasteiger partial charge is 0.322 e. The SMILES string of the molecule is CCCC(NC(=O)C1CC(NC(=O)c2cccc(Oc3ccccc3)c2)CN1C(=O)C(NC(=O)C(NC(=O)C(CCC(=O)O)NC(=O)C(CCC(=O)O)NC(C)=O)C(C)C)C(C)C)C(=O)C(=O)NCC(=O)O. The van der Waals surface area contributed by atoms with Crippen LogP contribution in [0.3, 0.4) is 0 Å². The van der Waals surface area contributed by atoms with Crippen LogP contribution in [0, 0.1) is 11.8 Å². The number of hydrogen-bond donors (Lipinski definition) is 10. The summed E-state index contributed by atoms with van der Waals surface area (Å²) in [6.45, 7) is 7.85. The molecule has 0 aliphatic carbocycles. The Labute approximate surface area is 415 Å². The molecule has 8 amide bonds. The fourth-order valence-corrected chi connectivity index (χ4v) is 7.57. The van der Waals surface area contributed by atoms with Crippen molar-refractivity contribution < 1.29 is 77.6 Å². The molecule has 1 saturated heterocycles. The van der Waals surface area contributed by atoms with Crippen LogP contribution in [-0.4, -0.2) is 147 Å². The van der Waals surface area contributed by atoms with Crippen molar-refractivity contribution >= 4 is 70.9 Å². The molecule has 0 saturated carbocycles. The lowest BCUT2D eigenvalue weighted by atomic mass is 9.98. The van der Waals surface area contributed by atoms with Crippen molar-refractivity contribution in [3.05, 3.63) is 60.2 Å². The summed E-state index contributed by atoms with van der Waals surface area (Å²) in [5.74, 6) is -13.0. The minimum absolute atomic E-state index is 0.0538. The van der Waals surface area contributed by atoms with Crippen LogP contribution >= 0.6 is 0 Å². The summed E-state index contributed by atoms with van der Waals surface area (Å²) in [6, 6.07) is 5.37. The average Bonchev–Trinajstić information content (AvgIpc) is 3.74. The molecule has 0 bridgehead atoms. The number of nitrogens with zero attached hydrogens (tertiary/aromatic N) is 1. The predicted molar refractivity (Wildman–Crippen MR) is 254 cm³/mol. The summed E-state index contributed by atoms with van der Waals surface area (Å²) >= 11 is 0. The number of rotatable bonds is 28. The van der Waals surface area contributed by atoms with Crippen molar-refractivity contribution in [3.8, 4) is 11.5 Å². The van der Waals surface area contributed by atoms with Crippen molar-refractivity contribution in [3.63, 3.8) is 0 Å². The van der Waals surface area contributed by atoms with E-state index in [1.807, 2.05) is 5.32 Å². The van der Waals surface area contributed by atoms with E-state index in [1.54, 1.807) is 77.1 Å². The van der Waals surface area contributed by atoms with Crippen molar-refractivity contribution in [2.45, 2.75) is 129 Å². The van der Waals surface area contributed by atoms with Gasteiger partial charge in [-0.05, 0) is 67.9 Å². The lowest BCUT2D eigenvalue weighted by molar-refractivity contribution is -0.145. The van der Waals surface area contributed by atoms with Gasteiger partial charge in [0.2, 0.25) is 41.2 Å². The third-order valence-electron chi connectivity index (χ3n) is 11.2. The van der Waals surface area contributed by atoms with Gasteiger partial charge in [0.25, 0.3) is 11.8 Å². The molecule has 1 aliphatic heterocycles. The van der Waals surface area contributed by atoms with E-state index in [0.717, 1.165) is 11.8 Å². The number of para-hydroxylation sites is 1. The van der Waals surface area contributed by atoms with Gasteiger partial charge in [0.1, 0.15) is 48.3 Å². The number of aliphatic carboxylic acids is 3. The first kappa shape index (κ1) is 58.4. The number of hydrogen-bond acceptors (Lipinski definition) is 13. The topological polar surface area (TPSA) is 362 Å². The Bertz CT molecular complexity index is 2330. The van der Waals surface area contributed by atoms with Crippen molar-refractivity contribution in [1.82, 2.24) is 42.1 Å². The molecule has 0 radical (unpaired) electrons. The first-order chi connectivity index (χ1) is 33.9. The number of ketones is 1. The fourth-order valence-electron chi connectivity index (χ4n) is 7.57.